The maximum absolute atomic E-state index is 3.67. The number of nitrogens with one attached hydrogen (secondary N) is 1. The number of hydrogen-bond acceptors (Lipinski definition) is 2. The molecule has 3 atom stereocenters. The van der Waals surface area contributed by atoms with Crippen molar-refractivity contribution in [3.05, 3.63) is 22.4 Å². The Kier molecular flexibility index (Phi) is 4.42. The quantitative estimate of drug-likeness (QED) is 0.842. The third kappa shape index (κ3) is 3.08. The molecule has 2 heteroatoms. The van der Waals surface area contributed by atoms with Crippen molar-refractivity contribution >= 4 is 11.3 Å². The van der Waals surface area contributed by atoms with E-state index in [1.807, 2.05) is 11.3 Å². The predicted octanol–water partition coefficient (Wildman–Crippen LogP) is 3.70. The van der Waals surface area contributed by atoms with Crippen molar-refractivity contribution in [3.63, 3.8) is 0 Å². The van der Waals surface area contributed by atoms with Gasteiger partial charge < -0.3 is 5.32 Å². The largest absolute Gasteiger partial charge is 0.314 e. The lowest BCUT2D eigenvalue weighted by Crippen LogP contribution is -2.41. The molecular formula is C14H23NS. The van der Waals surface area contributed by atoms with E-state index in [0.717, 1.165) is 24.4 Å². The molecule has 1 nitrogen and oxygen atoms in total. The summed E-state index contributed by atoms with van der Waals surface area (Å²) in [7, 11) is 0. The van der Waals surface area contributed by atoms with Gasteiger partial charge in [0, 0.05) is 6.04 Å². The number of thiophene rings is 1. The molecule has 1 heterocycles. The second kappa shape index (κ2) is 5.83. The van der Waals surface area contributed by atoms with Gasteiger partial charge in [0.05, 0.1) is 0 Å². The summed E-state index contributed by atoms with van der Waals surface area (Å²) in [4.78, 5) is 0. The number of hydrogen-bond donors (Lipinski definition) is 1. The maximum Gasteiger partial charge on any atom is 0.00985 e. The van der Waals surface area contributed by atoms with Gasteiger partial charge in [-0.25, -0.2) is 0 Å². The third-order valence-electron chi connectivity index (χ3n) is 3.79. The van der Waals surface area contributed by atoms with Gasteiger partial charge in [-0.15, -0.1) is 0 Å². The van der Waals surface area contributed by atoms with Crippen LogP contribution in [0.15, 0.2) is 16.8 Å². The van der Waals surface area contributed by atoms with Gasteiger partial charge in [0.25, 0.3) is 0 Å². The van der Waals surface area contributed by atoms with Gasteiger partial charge in [-0.3, -0.25) is 0 Å². The van der Waals surface area contributed by atoms with Gasteiger partial charge in [-0.1, -0.05) is 13.8 Å². The van der Waals surface area contributed by atoms with E-state index in [1.54, 1.807) is 0 Å². The lowest BCUT2D eigenvalue weighted by molar-refractivity contribution is 0.214. The molecule has 0 bridgehead atoms. The molecule has 0 radical (unpaired) electrons. The zero-order valence-electron chi connectivity index (χ0n) is 10.4. The second-order valence-corrected chi connectivity index (χ2v) is 5.96. The smallest absolute Gasteiger partial charge is 0.00985 e. The fourth-order valence-electron chi connectivity index (χ4n) is 2.97. The molecule has 0 amide bonds. The Morgan fingerprint density at radius 3 is 3.00 bits per heavy atom. The molecule has 1 aromatic rings. The van der Waals surface area contributed by atoms with E-state index >= 15 is 0 Å². The zero-order valence-corrected chi connectivity index (χ0v) is 11.2. The molecule has 1 fully saturated rings. The molecular weight excluding hydrogens is 214 g/mol. The molecule has 3 unspecified atom stereocenters. The van der Waals surface area contributed by atoms with Gasteiger partial charge in [-0.2, -0.15) is 11.3 Å². The molecule has 0 aliphatic heterocycles. The van der Waals surface area contributed by atoms with Crippen molar-refractivity contribution < 1.29 is 0 Å². The first kappa shape index (κ1) is 12.1. The van der Waals surface area contributed by atoms with Gasteiger partial charge in [0.2, 0.25) is 0 Å². The van der Waals surface area contributed by atoms with E-state index in [0.29, 0.717) is 0 Å². The lowest BCUT2D eigenvalue weighted by atomic mass is 9.76. The van der Waals surface area contributed by atoms with Crippen LogP contribution in [0.25, 0.3) is 0 Å². The van der Waals surface area contributed by atoms with Gasteiger partial charge in [0.15, 0.2) is 0 Å². The first-order valence-electron chi connectivity index (χ1n) is 6.54. The average molecular weight is 237 g/mol. The van der Waals surface area contributed by atoms with Crippen molar-refractivity contribution in [1.29, 1.82) is 0 Å². The standard InChI is InChI=1S/C14H23NS/c1-3-15-14-5-4-11(2)8-13(14)9-12-6-7-16-10-12/h6-7,10-11,13-15H,3-5,8-9H2,1-2H3. The summed E-state index contributed by atoms with van der Waals surface area (Å²) in [5.74, 6) is 1.76. The predicted molar refractivity (Wildman–Crippen MR) is 72.0 cm³/mol. The Morgan fingerprint density at radius 2 is 2.31 bits per heavy atom. The lowest BCUT2D eigenvalue weighted by Gasteiger charge is -2.35. The van der Waals surface area contributed by atoms with E-state index in [-0.39, 0.29) is 0 Å². The monoisotopic (exact) mass is 237 g/mol. The van der Waals surface area contributed by atoms with Gasteiger partial charge in [0.1, 0.15) is 0 Å². The van der Waals surface area contributed by atoms with Crippen LogP contribution in [-0.2, 0) is 6.42 Å². The molecule has 2 rings (SSSR count). The summed E-state index contributed by atoms with van der Waals surface area (Å²) < 4.78 is 0. The maximum atomic E-state index is 3.67. The summed E-state index contributed by atoms with van der Waals surface area (Å²) in [5.41, 5.74) is 1.53. The fourth-order valence-corrected chi connectivity index (χ4v) is 3.65. The molecule has 0 aromatic carbocycles. The highest BCUT2D eigenvalue weighted by Gasteiger charge is 2.27. The van der Waals surface area contributed by atoms with E-state index < -0.39 is 0 Å². The summed E-state index contributed by atoms with van der Waals surface area (Å²) >= 11 is 1.82. The van der Waals surface area contributed by atoms with Crippen molar-refractivity contribution in [1.82, 2.24) is 5.32 Å². The van der Waals surface area contributed by atoms with Crippen LogP contribution in [-0.4, -0.2) is 12.6 Å². The van der Waals surface area contributed by atoms with Crippen molar-refractivity contribution in [3.8, 4) is 0 Å². The molecule has 1 aliphatic rings. The second-order valence-electron chi connectivity index (χ2n) is 5.18. The summed E-state index contributed by atoms with van der Waals surface area (Å²) in [6.45, 7) is 5.74. The van der Waals surface area contributed by atoms with Crippen LogP contribution in [0.5, 0.6) is 0 Å². The molecule has 1 aromatic heterocycles. The first-order chi connectivity index (χ1) is 7.79. The molecule has 0 saturated heterocycles. The summed E-state index contributed by atoms with van der Waals surface area (Å²) in [6, 6.07) is 3.04. The van der Waals surface area contributed by atoms with E-state index in [9.17, 15) is 0 Å². The number of rotatable bonds is 4. The summed E-state index contributed by atoms with van der Waals surface area (Å²) in [6.07, 6.45) is 5.43. The van der Waals surface area contributed by atoms with E-state index in [1.165, 1.54) is 31.2 Å². The highest BCUT2D eigenvalue weighted by Crippen LogP contribution is 2.31. The van der Waals surface area contributed by atoms with Crippen LogP contribution in [0.2, 0.25) is 0 Å². The average Bonchev–Trinajstić information content (AvgIpc) is 2.75. The van der Waals surface area contributed by atoms with E-state index in [2.05, 4.69) is 36.0 Å². The van der Waals surface area contributed by atoms with E-state index in [4.69, 9.17) is 0 Å². The van der Waals surface area contributed by atoms with Crippen molar-refractivity contribution in [2.45, 2.75) is 45.6 Å². The Labute approximate surface area is 103 Å². The fraction of sp³-hybridized carbons (Fsp3) is 0.714. The molecule has 90 valence electrons. The van der Waals surface area contributed by atoms with Crippen LogP contribution in [0.3, 0.4) is 0 Å². The Balaban J connectivity index is 1.96. The Morgan fingerprint density at radius 1 is 1.44 bits per heavy atom. The first-order valence-corrected chi connectivity index (χ1v) is 7.48. The van der Waals surface area contributed by atoms with Crippen molar-refractivity contribution in [2.75, 3.05) is 6.54 Å². The van der Waals surface area contributed by atoms with Gasteiger partial charge >= 0.3 is 0 Å². The Hall–Kier alpha value is -0.340. The zero-order chi connectivity index (χ0) is 11.4. The highest BCUT2D eigenvalue weighted by atomic mass is 32.1. The molecule has 16 heavy (non-hydrogen) atoms. The minimum atomic E-state index is 0.751. The molecule has 0 spiro atoms. The minimum Gasteiger partial charge on any atom is -0.314 e. The summed E-state index contributed by atoms with van der Waals surface area (Å²) in [5, 5.41) is 8.18. The van der Waals surface area contributed by atoms with Crippen molar-refractivity contribution in [2.24, 2.45) is 11.8 Å². The van der Waals surface area contributed by atoms with Crippen LogP contribution in [0.4, 0.5) is 0 Å². The molecule has 1 N–H and O–H groups in total. The van der Waals surface area contributed by atoms with Crippen LogP contribution in [0, 0.1) is 11.8 Å². The molecule has 1 saturated carbocycles. The normalized spacial score (nSPS) is 30.5. The van der Waals surface area contributed by atoms with Crippen LogP contribution < -0.4 is 5.32 Å². The SMILES string of the molecule is CCNC1CCC(C)CC1Cc1ccsc1. The van der Waals surface area contributed by atoms with Crippen LogP contribution >= 0.6 is 11.3 Å². The molecule has 1 aliphatic carbocycles. The topological polar surface area (TPSA) is 12.0 Å². The highest BCUT2D eigenvalue weighted by molar-refractivity contribution is 7.07. The third-order valence-corrected chi connectivity index (χ3v) is 4.52. The van der Waals surface area contributed by atoms with Crippen LogP contribution in [0.1, 0.15) is 38.7 Å². The minimum absolute atomic E-state index is 0.751. The van der Waals surface area contributed by atoms with Gasteiger partial charge in [-0.05, 0) is 66.5 Å². The Bertz CT molecular complexity index is 294.